The van der Waals surface area contributed by atoms with Crippen molar-refractivity contribution in [2.45, 2.75) is 32.7 Å². The fraction of sp³-hybridized carbons (Fsp3) is 0.562. The van der Waals surface area contributed by atoms with Crippen LogP contribution in [-0.4, -0.2) is 38.1 Å². The second kappa shape index (κ2) is 8.90. The Kier molecular flexibility index (Phi) is 7.54. The third-order valence-electron chi connectivity index (χ3n) is 3.26. The molecule has 4 nitrogen and oxygen atoms in total. The lowest BCUT2D eigenvalue weighted by Crippen LogP contribution is -2.21. The summed E-state index contributed by atoms with van der Waals surface area (Å²) in [5.41, 5.74) is 1.14. The van der Waals surface area contributed by atoms with Crippen molar-refractivity contribution >= 4 is 17.5 Å². The monoisotopic (exact) mass is 312 g/mol. The molecule has 118 valence electrons. The molecule has 1 aromatic carbocycles. The zero-order chi connectivity index (χ0) is 15.8. The highest BCUT2D eigenvalue weighted by molar-refractivity contribution is 6.32. The molecule has 0 radical (unpaired) electrons. The van der Waals surface area contributed by atoms with E-state index in [1.807, 2.05) is 18.2 Å². The van der Waals surface area contributed by atoms with Gasteiger partial charge in [-0.15, -0.1) is 0 Å². The topological polar surface area (TPSA) is 41.6 Å². The smallest absolute Gasteiger partial charge is 0.222 e. The van der Waals surface area contributed by atoms with Crippen molar-refractivity contribution in [3.8, 4) is 5.75 Å². The lowest BCUT2D eigenvalue weighted by atomic mass is 10.1. The van der Waals surface area contributed by atoms with Crippen LogP contribution in [-0.2, 0) is 4.79 Å². The molecule has 0 fully saturated rings. The lowest BCUT2D eigenvalue weighted by Gasteiger charge is -2.15. The summed E-state index contributed by atoms with van der Waals surface area (Å²) in [6, 6.07) is 6.09. The zero-order valence-corrected chi connectivity index (χ0v) is 14.0. The maximum Gasteiger partial charge on any atom is 0.222 e. The van der Waals surface area contributed by atoms with Gasteiger partial charge < -0.3 is 15.0 Å². The molecule has 21 heavy (non-hydrogen) atoms. The fourth-order valence-corrected chi connectivity index (χ4v) is 2.20. The number of hydrogen-bond donors (Lipinski definition) is 1. The Morgan fingerprint density at radius 2 is 2.14 bits per heavy atom. The van der Waals surface area contributed by atoms with Crippen LogP contribution in [0.15, 0.2) is 18.2 Å². The number of nitrogens with one attached hydrogen (secondary N) is 1. The van der Waals surface area contributed by atoms with E-state index in [-0.39, 0.29) is 11.9 Å². The van der Waals surface area contributed by atoms with Crippen LogP contribution in [0.3, 0.4) is 0 Å². The maximum atomic E-state index is 11.4. The average molecular weight is 313 g/mol. The number of ether oxygens (including phenoxy) is 1. The van der Waals surface area contributed by atoms with Crippen LogP contribution >= 0.6 is 11.6 Å². The van der Waals surface area contributed by atoms with Crippen LogP contribution in [0.1, 0.15) is 38.3 Å². The summed E-state index contributed by atoms with van der Waals surface area (Å²) in [6.45, 7) is 5.57. The minimum atomic E-state index is 0.111. The fourth-order valence-electron chi connectivity index (χ4n) is 1.96. The van der Waals surface area contributed by atoms with Crippen molar-refractivity contribution in [3.63, 3.8) is 0 Å². The largest absolute Gasteiger partial charge is 0.492 e. The quantitative estimate of drug-likeness (QED) is 0.749. The van der Waals surface area contributed by atoms with Gasteiger partial charge in [0.25, 0.3) is 0 Å². The van der Waals surface area contributed by atoms with Crippen LogP contribution in [0.4, 0.5) is 0 Å². The zero-order valence-electron chi connectivity index (χ0n) is 13.3. The van der Waals surface area contributed by atoms with E-state index in [2.05, 4.69) is 19.2 Å². The van der Waals surface area contributed by atoms with E-state index in [1.165, 1.54) is 0 Å². The van der Waals surface area contributed by atoms with E-state index < -0.39 is 0 Å². The van der Waals surface area contributed by atoms with Gasteiger partial charge in [0.1, 0.15) is 5.75 Å². The number of benzene rings is 1. The van der Waals surface area contributed by atoms with Gasteiger partial charge in [0.05, 0.1) is 11.6 Å². The number of amides is 1. The summed E-state index contributed by atoms with van der Waals surface area (Å²) in [5.74, 6) is 0.779. The van der Waals surface area contributed by atoms with Crippen molar-refractivity contribution < 1.29 is 9.53 Å². The SMILES string of the molecule is CCNC(C)c1ccc(OCCCC(=O)N(C)C)c(Cl)c1. The van der Waals surface area contributed by atoms with Gasteiger partial charge in [-0.25, -0.2) is 0 Å². The van der Waals surface area contributed by atoms with Crippen LogP contribution in [0.2, 0.25) is 5.02 Å². The minimum Gasteiger partial charge on any atom is -0.492 e. The number of halogens is 1. The molecule has 1 aromatic rings. The molecule has 0 aliphatic rings. The summed E-state index contributed by atoms with van der Waals surface area (Å²) >= 11 is 6.24. The summed E-state index contributed by atoms with van der Waals surface area (Å²) < 4.78 is 5.64. The van der Waals surface area contributed by atoms with Crippen molar-refractivity contribution in [2.75, 3.05) is 27.2 Å². The van der Waals surface area contributed by atoms with Crippen molar-refractivity contribution in [1.29, 1.82) is 0 Å². The first kappa shape index (κ1) is 17.8. The summed E-state index contributed by atoms with van der Waals surface area (Å²) in [6.07, 6.45) is 1.17. The number of nitrogens with zero attached hydrogens (tertiary/aromatic N) is 1. The van der Waals surface area contributed by atoms with Gasteiger partial charge in [-0.1, -0.05) is 24.6 Å². The molecule has 0 saturated heterocycles. The Balaban J connectivity index is 2.48. The predicted molar refractivity (Wildman–Crippen MR) is 87.0 cm³/mol. The average Bonchev–Trinajstić information content (AvgIpc) is 2.44. The first-order valence-corrected chi connectivity index (χ1v) is 7.69. The van der Waals surface area contributed by atoms with Gasteiger partial charge in [-0.05, 0) is 37.6 Å². The predicted octanol–water partition coefficient (Wildman–Crippen LogP) is 3.26. The van der Waals surface area contributed by atoms with Gasteiger partial charge in [-0.3, -0.25) is 4.79 Å². The molecule has 5 heteroatoms. The molecule has 1 unspecified atom stereocenters. The van der Waals surface area contributed by atoms with E-state index in [4.69, 9.17) is 16.3 Å². The molecular formula is C16H25ClN2O2. The molecule has 0 saturated carbocycles. The van der Waals surface area contributed by atoms with E-state index >= 15 is 0 Å². The van der Waals surface area contributed by atoms with E-state index in [1.54, 1.807) is 19.0 Å². The van der Waals surface area contributed by atoms with E-state index in [0.29, 0.717) is 30.2 Å². The highest BCUT2D eigenvalue weighted by Gasteiger charge is 2.09. The molecule has 0 spiro atoms. The normalized spacial score (nSPS) is 12.0. The van der Waals surface area contributed by atoms with E-state index in [9.17, 15) is 4.79 Å². The van der Waals surface area contributed by atoms with Crippen LogP contribution in [0.5, 0.6) is 5.75 Å². The number of carbonyl (C=O) groups is 1. The lowest BCUT2D eigenvalue weighted by molar-refractivity contribution is -0.128. The number of carbonyl (C=O) groups excluding carboxylic acids is 1. The second-order valence-corrected chi connectivity index (χ2v) is 5.62. The molecule has 0 bridgehead atoms. The highest BCUT2D eigenvalue weighted by atomic mass is 35.5. The minimum absolute atomic E-state index is 0.111. The van der Waals surface area contributed by atoms with Crippen molar-refractivity contribution in [1.82, 2.24) is 10.2 Å². The molecule has 1 N–H and O–H groups in total. The Hall–Kier alpha value is -1.26. The number of hydrogen-bond acceptors (Lipinski definition) is 3. The molecule has 0 aromatic heterocycles. The Bertz CT molecular complexity index is 464. The summed E-state index contributed by atoms with van der Waals surface area (Å²) in [5, 5.41) is 3.95. The van der Waals surface area contributed by atoms with Gasteiger partial charge in [-0.2, -0.15) is 0 Å². The molecule has 0 aliphatic heterocycles. The third-order valence-corrected chi connectivity index (χ3v) is 3.55. The summed E-state index contributed by atoms with van der Waals surface area (Å²) in [4.78, 5) is 13.0. The maximum absolute atomic E-state index is 11.4. The first-order chi connectivity index (χ1) is 9.95. The number of rotatable bonds is 8. The van der Waals surface area contributed by atoms with Crippen molar-refractivity contribution in [3.05, 3.63) is 28.8 Å². The Morgan fingerprint density at radius 3 is 2.71 bits per heavy atom. The third kappa shape index (κ3) is 5.94. The highest BCUT2D eigenvalue weighted by Crippen LogP contribution is 2.28. The Morgan fingerprint density at radius 1 is 1.43 bits per heavy atom. The van der Waals surface area contributed by atoms with Gasteiger partial charge in [0.2, 0.25) is 5.91 Å². The molecular weight excluding hydrogens is 288 g/mol. The van der Waals surface area contributed by atoms with Gasteiger partial charge >= 0.3 is 0 Å². The van der Waals surface area contributed by atoms with Gasteiger partial charge in [0.15, 0.2) is 0 Å². The molecule has 0 heterocycles. The molecule has 1 rings (SSSR count). The standard InChI is InChI=1S/C16H25ClN2O2/c1-5-18-12(2)13-8-9-15(14(17)11-13)21-10-6-7-16(20)19(3)4/h8-9,11-12,18H,5-7,10H2,1-4H3. The van der Waals surface area contributed by atoms with Crippen LogP contribution < -0.4 is 10.1 Å². The Labute approximate surface area is 132 Å². The summed E-state index contributed by atoms with van der Waals surface area (Å²) in [7, 11) is 3.51. The van der Waals surface area contributed by atoms with Crippen LogP contribution in [0, 0.1) is 0 Å². The first-order valence-electron chi connectivity index (χ1n) is 7.31. The van der Waals surface area contributed by atoms with Crippen LogP contribution in [0.25, 0.3) is 0 Å². The molecule has 1 atom stereocenters. The van der Waals surface area contributed by atoms with E-state index in [0.717, 1.165) is 12.1 Å². The molecule has 1 amide bonds. The van der Waals surface area contributed by atoms with Gasteiger partial charge in [0, 0.05) is 26.6 Å². The second-order valence-electron chi connectivity index (χ2n) is 5.21. The van der Waals surface area contributed by atoms with Crippen molar-refractivity contribution in [2.24, 2.45) is 0 Å². The molecule has 0 aliphatic carbocycles.